The fraction of sp³-hybridized carbons (Fsp3) is 0. The van der Waals surface area contributed by atoms with Crippen molar-refractivity contribution in [3.63, 3.8) is 0 Å². The standard InChI is InChI=1S/C34H22N2O/c1-2-8-23(9-3-1)29-12-4-14-31-32-15-5-13-30(34(32)37-33(29)31)28-19-26(24-10-6-16-35-21-24)18-27(20-28)25-11-7-17-36-22-25/h1-22H. The molecule has 4 aromatic carbocycles. The minimum Gasteiger partial charge on any atom is -0.455 e. The first-order valence-electron chi connectivity index (χ1n) is 12.3. The van der Waals surface area contributed by atoms with E-state index in [2.05, 4.69) is 101 Å². The minimum absolute atomic E-state index is 0.890. The van der Waals surface area contributed by atoms with Crippen molar-refractivity contribution in [1.82, 2.24) is 9.97 Å². The van der Waals surface area contributed by atoms with Crippen molar-refractivity contribution in [2.24, 2.45) is 0 Å². The van der Waals surface area contributed by atoms with Crippen LogP contribution in [0.4, 0.5) is 0 Å². The second-order valence-corrected chi connectivity index (χ2v) is 9.12. The highest BCUT2D eigenvalue weighted by Gasteiger charge is 2.16. The van der Waals surface area contributed by atoms with Gasteiger partial charge in [0, 0.05) is 57.8 Å². The Morgan fingerprint density at radius 1 is 0.405 bits per heavy atom. The van der Waals surface area contributed by atoms with Crippen LogP contribution in [0.3, 0.4) is 0 Å². The number of aromatic nitrogens is 2. The number of hydrogen-bond acceptors (Lipinski definition) is 3. The molecule has 7 rings (SSSR count). The molecule has 0 saturated carbocycles. The molecule has 174 valence electrons. The highest BCUT2D eigenvalue weighted by Crippen LogP contribution is 2.41. The van der Waals surface area contributed by atoms with Crippen LogP contribution in [-0.4, -0.2) is 9.97 Å². The molecule has 0 atom stereocenters. The van der Waals surface area contributed by atoms with Gasteiger partial charge < -0.3 is 4.42 Å². The smallest absolute Gasteiger partial charge is 0.143 e. The Balaban J connectivity index is 1.49. The molecule has 0 fully saturated rings. The molecule has 3 heteroatoms. The van der Waals surface area contributed by atoms with Gasteiger partial charge in [0.1, 0.15) is 11.2 Å². The Labute approximate surface area is 214 Å². The lowest BCUT2D eigenvalue weighted by Gasteiger charge is -2.11. The molecule has 3 heterocycles. The Morgan fingerprint density at radius 2 is 0.919 bits per heavy atom. The average molecular weight is 475 g/mol. The van der Waals surface area contributed by atoms with E-state index in [-0.39, 0.29) is 0 Å². The van der Waals surface area contributed by atoms with Crippen LogP contribution in [0, 0.1) is 0 Å². The van der Waals surface area contributed by atoms with Crippen molar-refractivity contribution in [2.45, 2.75) is 0 Å². The molecule has 0 amide bonds. The molecule has 3 nitrogen and oxygen atoms in total. The third-order valence-electron chi connectivity index (χ3n) is 6.84. The van der Waals surface area contributed by atoms with Gasteiger partial charge >= 0.3 is 0 Å². The van der Waals surface area contributed by atoms with E-state index in [9.17, 15) is 0 Å². The van der Waals surface area contributed by atoms with Gasteiger partial charge in [-0.3, -0.25) is 9.97 Å². The van der Waals surface area contributed by atoms with Crippen LogP contribution in [0.15, 0.2) is 138 Å². The lowest BCUT2D eigenvalue weighted by atomic mass is 9.93. The van der Waals surface area contributed by atoms with E-state index in [1.807, 2.05) is 30.6 Å². The van der Waals surface area contributed by atoms with E-state index >= 15 is 0 Å². The normalized spacial score (nSPS) is 11.2. The zero-order valence-electron chi connectivity index (χ0n) is 20.0. The lowest BCUT2D eigenvalue weighted by Crippen LogP contribution is -1.87. The van der Waals surface area contributed by atoms with E-state index in [1.165, 1.54) is 0 Å². The van der Waals surface area contributed by atoms with E-state index in [0.717, 1.165) is 66.4 Å². The molecule has 0 unspecified atom stereocenters. The van der Waals surface area contributed by atoms with Crippen LogP contribution >= 0.6 is 0 Å². The first-order chi connectivity index (χ1) is 18.3. The monoisotopic (exact) mass is 474 g/mol. The third kappa shape index (κ3) is 3.78. The van der Waals surface area contributed by atoms with Crippen LogP contribution in [-0.2, 0) is 0 Å². The largest absolute Gasteiger partial charge is 0.455 e. The summed E-state index contributed by atoms with van der Waals surface area (Å²) < 4.78 is 6.69. The summed E-state index contributed by atoms with van der Waals surface area (Å²) >= 11 is 0. The Bertz CT molecular complexity index is 1800. The van der Waals surface area contributed by atoms with Gasteiger partial charge in [-0.05, 0) is 52.6 Å². The van der Waals surface area contributed by atoms with Crippen molar-refractivity contribution in [3.05, 3.63) is 134 Å². The van der Waals surface area contributed by atoms with Crippen molar-refractivity contribution in [1.29, 1.82) is 0 Å². The van der Waals surface area contributed by atoms with Crippen LogP contribution in [0.25, 0.3) is 66.4 Å². The Hall–Kier alpha value is -5.02. The molecule has 0 aliphatic heterocycles. The second kappa shape index (κ2) is 8.89. The fourth-order valence-corrected chi connectivity index (χ4v) is 5.08. The zero-order valence-corrected chi connectivity index (χ0v) is 20.0. The second-order valence-electron chi connectivity index (χ2n) is 9.12. The van der Waals surface area contributed by atoms with Crippen molar-refractivity contribution < 1.29 is 4.42 Å². The zero-order chi connectivity index (χ0) is 24.6. The predicted octanol–water partition coefficient (Wildman–Crippen LogP) is 9.04. The van der Waals surface area contributed by atoms with Gasteiger partial charge in [0.05, 0.1) is 0 Å². The molecule has 0 radical (unpaired) electrons. The maximum Gasteiger partial charge on any atom is 0.143 e. The highest BCUT2D eigenvalue weighted by molar-refractivity contribution is 6.13. The number of fused-ring (bicyclic) bond motifs is 3. The molecular formula is C34H22N2O. The minimum atomic E-state index is 0.890. The molecule has 37 heavy (non-hydrogen) atoms. The number of para-hydroxylation sites is 2. The third-order valence-corrected chi connectivity index (χ3v) is 6.84. The van der Waals surface area contributed by atoms with Crippen LogP contribution < -0.4 is 0 Å². The number of hydrogen-bond donors (Lipinski definition) is 0. The molecule has 7 aromatic rings. The van der Waals surface area contributed by atoms with E-state index in [4.69, 9.17) is 4.42 Å². The van der Waals surface area contributed by atoms with E-state index in [0.29, 0.717) is 0 Å². The topological polar surface area (TPSA) is 38.9 Å². The number of benzene rings is 4. The average Bonchev–Trinajstić information content (AvgIpc) is 3.37. The van der Waals surface area contributed by atoms with E-state index < -0.39 is 0 Å². The van der Waals surface area contributed by atoms with Crippen molar-refractivity contribution in [2.75, 3.05) is 0 Å². The summed E-state index contributed by atoms with van der Waals surface area (Å²) in [5.41, 5.74) is 10.5. The molecule has 0 saturated heterocycles. The first kappa shape index (κ1) is 21.3. The van der Waals surface area contributed by atoms with Gasteiger partial charge in [-0.25, -0.2) is 0 Å². The highest BCUT2D eigenvalue weighted by atomic mass is 16.3. The van der Waals surface area contributed by atoms with Crippen LogP contribution in [0.5, 0.6) is 0 Å². The molecule has 0 bridgehead atoms. The number of nitrogens with zero attached hydrogens (tertiary/aromatic N) is 2. The SMILES string of the molecule is c1ccc(-c2cccc3c2oc2c(-c4cc(-c5cccnc5)cc(-c5cccnc5)c4)cccc23)cc1. The summed E-state index contributed by atoms with van der Waals surface area (Å²) in [6.07, 6.45) is 7.41. The summed E-state index contributed by atoms with van der Waals surface area (Å²) in [7, 11) is 0. The number of furan rings is 1. The van der Waals surface area contributed by atoms with Crippen molar-refractivity contribution >= 4 is 21.9 Å². The van der Waals surface area contributed by atoms with Gasteiger partial charge in [0.15, 0.2) is 0 Å². The first-order valence-corrected chi connectivity index (χ1v) is 12.3. The summed E-state index contributed by atoms with van der Waals surface area (Å²) in [5, 5.41) is 2.23. The van der Waals surface area contributed by atoms with Gasteiger partial charge in [0.2, 0.25) is 0 Å². The molecule has 0 aliphatic carbocycles. The summed E-state index contributed by atoms with van der Waals surface area (Å²) in [5.74, 6) is 0. The fourth-order valence-electron chi connectivity index (χ4n) is 5.08. The Kier molecular flexibility index (Phi) is 5.11. The quantitative estimate of drug-likeness (QED) is 0.255. The number of rotatable bonds is 4. The lowest BCUT2D eigenvalue weighted by molar-refractivity contribution is 0.671. The number of pyridine rings is 2. The van der Waals surface area contributed by atoms with Gasteiger partial charge in [-0.1, -0.05) is 78.9 Å². The maximum atomic E-state index is 6.69. The van der Waals surface area contributed by atoms with Crippen LogP contribution in [0.2, 0.25) is 0 Å². The summed E-state index contributed by atoms with van der Waals surface area (Å²) in [6.45, 7) is 0. The van der Waals surface area contributed by atoms with Crippen molar-refractivity contribution in [3.8, 4) is 44.5 Å². The van der Waals surface area contributed by atoms with Gasteiger partial charge in [-0.15, -0.1) is 0 Å². The van der Waals surface area contributed by atoms with Crippen LogP contribution in [0.1, 0.15) is 0 Å². The Morgan fingerprint density at radius 3 is 1.46 bits per heavy atom. The molecular weight excluding hydrogens is 452 g/mol. The molecule has 0 spiro atoms. The summed E-state index contributed by atoms with van der Waals surface area (Å²) in [4.78, 5) is 8.70. The van der Waals surface area contributed by atoms with Gasteiger partial charge in [0.25, 0.3) is 0 Å². The maximum absolute atomic E-state index is 6.69. The van der Waals surface area contributed by atoms with E-state index in [1.54, 1.807) is 12.4 Å². The van der Waals surface area contributed by atoms with Gasteiger partial charge in [-0.2, -0.15) is 0 Å². The summed E-state index contributed by atoms with van der Waals surface area (Å²) in [6, 6.07) is 37.9. The molecule has 3 aromatic heterocycles. The molecule has 0 N–H and O–H groups in total. The predicted molar refractivity (Wildman–Crippen MR) is 151 cm³/mol. The molecule has 0 aliphatic rings.